The number of halogens is 2. The van der Waals surface area contributed by atoms with E-state index in [1.807, 2.05) is 0 Å². The van der Waals surface area contributed by atoms with Crippen molar-refractivity contribution in [2.45, 2.75) is 25.9 Å². The van der Waals surface area contributed by atoms with Crippen LogP contribution in [0.5, 0.6) is 5.75 Å². The molecule has 0 saturated carbocycles. The third kappa shape index (κ3) is 5.57. The van der Waals surface area contributed by atoms with Crippen molar-refractivity contribution in [3.8, 4) is 5.75 Å². The topological polar surface area (TPSA) is 66.9 Å². The van der Waals surface area contributed by atoms with Crippen LogP contribution in [0, 0.1) is 5.82 Å². The maximum Gasteiger partial charge on any atom is 0.294 e. The molecule has 172 valence electrons. The van der Waals surface area contributed by atoms with Gasteiger partial charge in [-0.2, -0.15) is 0 Å². The van der Waals surface area contributed by atoms with E-state index in [9.17, 15) is 18.8 Å². The summed E-state index contributed by atoms with van der Waals surface area (Å²) < 4.78 is 19.5. The van der Waals surface area contributed by atoms with Crippen LogP contribution in [0.2, 0.25) is 5.02 Å². The summed E-state index contributed by atoms with van der Waals surface area (Å²) in [7, 11) is 0. The molecule has 2 heterocycles. The van der Waals surface area contributed by atoms with Gasteiger partial charge in [0.2, 0.25) is 5.91 Å². The van der Waals surface area contributed by atoms with Crippen LogP contribution in [0.4, 0.5) is 9.18 Å². The van der Waals surface area contributed by atoms with Gasteiger partial charge >= 0.3 is 0 Å². The molecular weight excluding hydrogens is 467 g/mol. The second kappa shape index (κ2) is 10.4. The number of likely N-dealkylation sites (tertiary alicyclic amines) is 1. The molecule has 33 heavy (non-hydrogen) atoms. The quantitative estimate of drug-likeness (QED) is 0.529. The molecule has 2 fully saturated rings. The zero-order chi connectivity index (χ0) is 23.4. The first-order valence-corrected chi connectivity index (χ1v) is 11.8. The summed E-state index contributed by atoms with van der Waals surface area (Å²) in [5.74, 6) is -0.597. The van der Waals surface area contributed by atoms with Crippen molar-refractivity contribution in [2.24, 2.45) is 0 Å². The summed E-state index contributed by atoms with van der Waals surface area (Å²) in [4.78, 5) is 40.5. The van der Waals surface area contributed by atoms with Crippen molar-refractivity contribution in [1.29, 1.82) is 0 Å². The molecule has 2 aliphatic heterocycles. The molecule has 2 saturated heterocycles. The molecule has 2 aromatic carbocycles. The summed E-state index contributed by atoms with van der Waals surface area (Å²) >= 11 is 6.83. The van der Waals surface area contributed by atoms with E-state index < -0.39 is 17.0 Å². The number of amides is 3. The van der Waals surface area contributed by atoms with E-state index in [2.05, 4.69) is 0 Å². The Morgan fingerprint density at radius 1 is 1.09 bits per heavy atom. The van der Waals surface area contributed by atoms with Gasteiger partial charge in [-0.1, -0.05) is 29.8 Å². The highest BCUT2D eigenvalue weighted by Gasteiger charge is 2.37. The number of hydrogen-bond donors (Lipinski definition) is 0. The number of rotatable bonds is 6. The minimum Gasteiger partial charge on any atom is -0.489 e. The number of thioether (sulfide) groups is 1. The van der Waals surface area contributed by atoms with Crippen LogP contribution in [0.25, 0.3) is 6.08 Å². The minimum absolute atomic E-state index is 0.0191. The van der Waals surface area contributed by atoms with Crippen molar-refractivity contribution >= 4 is 46.5 Å². The highest BCUT2D eigenvalue weighted by molar-refractivity contribution is 8.18. The van der Waals surface area contributed by atoms with Gasteiger partial charge in [0.1, 0.15) is 24.7 Å². The molecule has 0 unspecified atom stereocenters. The molecule has 0 bridgehead atoms. The average molecular weight is 489 g/mol. The number of carbonyl (C=O) groups is 3. The van der Waals surface area contributed by atoms with E-state index in [1.165, 1.54) is 12.1 Å². The summed E-state index contributed by atoms with van der Waals surface area (Å²) in [6.45, 7) is 1.09. The van der Waals surface area contributed by atoms with Crippen LogP contribution in [-0.4, -0.2) is 46.5 Å². The predicted molar refractivity (Wildman–Crippen MR) is 125 cm³/mol. The van der Waals surface area contributed by atoms with Crippen LogP contribution < -0.4 is 4.74 Å². The Balaban J connectivity index is 1.38. The Bertz CT molecular complexity index is 1080. The van der Waals surface area contributed by atoms with Gasteiger partial charge in [0.05, 0.1) is 9.93 Å². The Labute approximate surface area is 200 Å². The van der Waals surface area contributed by atoms with Gasteiger partial charge in [0.15, 0.2) is 0 Å². The largest absolute Gasteiger partial charge is 0.489 e. The van der Waals surface area contributed by atoms with Crippen LogP contribution in [-0.2, 0) is 16.2 Å². The summed E-state index contributed by atoms with van der Waals surface area (Å²) in [5, 5.41) is -0.153. The predicted octanol–water partition coefficient (Wildman–Crippen LogP) is 5.11. The maximum atomic E-state index is 13.9. The molecular formula is C24H22ClFN2O4S. The molecule has 2 aromatic rings. The fraction of sp³-hybridized carbons (Fsp3) is 0.292. The molecule has 0 aromatic heterocycles. The molecule has 3 amide bonds. The highest BCUT2D eigenvalue weighted by atomic mass is 35.5. The average Bonchev–Trinajstić information content (AvgIpc) is 3.07. The van der Waals surface area contributed by atoms with E-state index in [1.54, 1.807) is 41.3 Å². The number of nitrogens with zero attached hydrogens (tertiary/aromatic N) is 2. The summed E-state index contributed by atoms with van der Waals surface area (Å²) in [6, 6.07) is 11.3. The van der Waals surface area contributed by atoms with Crippen molar-refractivity contribution < 1.29 is 23.5 Å². The Morgan fingerprint density at radius 3 is 2.52 bits per heavy atom. The molecule has 0 radical (unpaired) electrons. The van der Waals surface area contributed by atoms with Gasteiger partial charge in [-0.15, -0.1) is 0 Å². The van der Waals surface area contributed by atoms with Crippen molar-refractivity contribution in [3.63, 3.8) is 0 Å². The van der Waals surface area contributed by atoms with Gasteiger partial charge in [0, 0.05) is 18.7 Å². The number of ether oxygens (including phenoxy) is 1. The van der Waals surface area contributed by atoms with Crippen LogP contribution in [0.15, 0.2) is 47.4 Å². The smallest absolute Gasteiger partial charge is 0.294 e. The van der Waals surface area contributed by atoms with E-state index in [0.717, 1.165) is 35.9 Å². The molecule has 9 heteroatoms. The van der Waals surface area contributed by atoms with Crippen molar-refractivity contribution in [3.05, 3.63) is 69.3 Å². The highest BCUT2D eigenvalue weighted by Crippen LogP contribution is 2.32. The van der Waals surface area contributed by atoms with E-state index in [0.29, 0.717) is 29.4 Å². The molecule has 4 rings (SSSR count). The monoisotopic (exact) mass is 488 g/mol. The SMILES string of the molecule is O=C(CN1C(=O)S/C(=C\c2ccc(OCc3c(F)cccc3Cl)cc2)C1=O)N1CCCCC1. The van der Waals surface area contributed by atoms with E-state index >= 15 is 0 Å². The second-order valence-corrected chi connectivity index (χ2v) is 9.17. The first kappa shape index (κ1) is 23.3. The number of carbonyl (C=O) groups excluding carboxylic acids is 3. The molecule has 0 aliphatic carbocycles. The Morgan fingerprint density at radius 2 is 1.82 bits per heavy atom. The van der Waals surface area contributed by atoms with Gasteiger partial charge in [-0.3, -0.25) is 19.3 Å². The number of piperidine rings is 1. The fourth-order valence-corrected chi connectivity index (χ4v) is 4.71. The van der Waals surface area contributed by atoms with Crippen LogP contribution in [0.3, 0.4) is 0 Å². The van der Waals surface area contributed by atoms with Gasteiger partial charge in [-0.25, -0.2) is 4.39 Å². The summed E-state index contributed by atoms with van der Waals surface area (Å²) in [5.41, 5.74) is 0.968. The number of hydrogen-bond acceptors (Lipinski definition) is 5. The molecule has 6 nitrogen and oxygen atoms in total. The van der Waals surface area contributed by atoms with Crippen molar-refractivity contribution in [1.82, 2.24) is 9.80 Å². The Hall–Kier alpha value is -2.84. The van der Waals surface area contributed by atoms with E-state index in [4.69, 9.17) is 16.3 Å². The molecule has 0 spiro atoms. The molecule has 2 aliphatic rings. The zero-order valence-corrected chi connectivity index (χ0v) is 19.3. The number of imide groups is 1. The molecule has 0 N–H and O–H groups in total. The Kier molecular flexibility index (Phi) is 7.35. The first-order valence-electron chi connectivity index (χ1n) is 10.6. The zero-order valence-electron chi connectivity index (χ0n) is 17.8. The lowest BCUT2D eigenvalue weighted by Crippen LogP contribution is -2.44. The fourth-order valence-electron chi connectivity index (χ4n) is 3.65. The van der Waals surface area contributed by atoms with Crippen LogP contribution in [0.1, 0.15) is 30.4 Å². The normalized spacial score (nSPS) is 17.7. The third-order valence-electron chi connectivity index (χ3n) is 5.50. The van der Waals surface area contributed by atoms with E-state index in [-0.39, 0.29) is 29.5 Å². The molecule has 0 atom stereocenters. The lowest BCUT2D eigenvalue weighted by molar-refractivity contribution is -0.136. The standard InChI is InChI=1S/C24H22ClFN2O4S/c25-19-5-4-6-20(26)18(19)15-32-17-9-7-16(8-10-17)13-21-23(30)28(24(31)33-21)14-22(29)27-11-2-1-3-12-27/h4-10,13H,1-3,11-12,14-15H2/b21-13-. The van der Waals surface area contributed by atoms with Crippen LogP contribution >= 0.6 is 23.4 Å². The van der Waals surface area contributed by atoms with Gasteiger partial charge < -0.3 is 9.64 Å². The lowest BCUT2D eigenvalue weighted by Gasteiger charge is -2.27. The maximum absolute atomic E-state index is 13.9. The lowest BCUT2D eigenvalue weighted by atomic mass is 10.1. The van der Waals surface area contributed by atoms with Gasteiger partial charge in [-0.05, 0) is 66.9 Å². The minimum atomic E-state index is -0.468. The summed E-state index contributed by atoms with van der Waals surface area (Å²) in [6.07, 6.45) is 4.59. The number of benzene rings is 2. The second-order valence-electron chi connectivity index (χ2n) is 7.77. The third-order valence-corrected chi connectivity index (χ3v) is 6.76. The van der Waals surface area contributed by atoms with Crippen molar-refractivity contribution in [2.75, 3.05) is 19.6 Å². The first-order chi connectivity index (χ1) is 15.9. The van der Waals surface area contributed by atoms with Gasteiger partial charge in [0.25, 0.3) is 11.1 Å².